The second-order valence-electron chi connectivity index (χ2n) is 8.86. The lowest BCUT2D eigenvalue weighted by atomic mass is 9.90. The molecule has 0 amide bonds. The van der Waals surface area contributed by atoms with E-state index < -0.39 is 0 Å². The van der Waals surface area contributed by atoms with Crippen molar-refractivity contribution in [2.75, 3.05) is 6.54 Å². The molecule has 0 unspecified atom stereocenters. The van der Waals surface area contributed by atoms with Gasteiger partial charge in [-0.05, 0) is 56.0 Å². The number of para-hydroxylation sites is 1. The molecule has 1 atom stereocenters. The van der Waals surface area contributed by atoms with E-state index in [0.29, 0.717) is 6.04 Å². The van der Waals surface area contributed by atoms with E-state index in [9.17, 15) is 0 Å². The molecule has 4 nitrogen and oxygen atoms in total. The number of benzene rings is 1. The van der Waals surface area contributed by atoms with Crippen LogP contribution in [0.2, 0.25) is 0 Å². The van der Waals surface area contributed by atoms with E-state index in [0.717, 1.165) is 19.5 Å². The molecule has 0 fully saturated rings. The van der Waals surface area contributed by atoms with Crippen LogP contribution in [-0.4, -0.2) is 26.0 Å². The molecule has 0 bridgehead atoms. The number of rotatable bonds is 7. The monoisotopic (exact) mass is 412 g/mol. The van der Waals surface area contributed by atoms with Gasteiger partial charge in [0.1, 0.15) is 0 Å². The summed E-state index contributed by atoms with van der Waals surface area (Å²) in [6, 6.07) is 15.6. The molecule has 0 saturated carbocycles. The third-order valence-electron chi connectivity index (χ3n) is 6.90. The Balaban J connectivity index is 1.55. The summed E-state index contributed by atoms with van der Waals surface area (Å²) in [5.41, 5.74) is 6.43. The van der Waals surface area contributed by atoms with E-state index in [2.05, 4.69) is 65.9 Å². The summed E-state index contributed by atoms with van der Waals surface area (Å²) >= 11 is 0. The summed E-state index contributed by atoms with van der Waals surface area (Å²) in [7, 11) is 2.18. The van der Waals surface area contributed by atoms with Crippen molar-refractivity contribution in [2.45, 2.75) is 58.0 Å². The van der Waals surface area contributed by atoms with Gasteiger partial charge in [0.25, 0.3) is 0 Å². The molecule has 4 aromatic rings. The van der Waals surface area contributed by atoms with Crippen molar-refractivity contribution in [1.29, 1.82) is 0 Å². The second-order valence-corrected chi connectivity index (χ2v) is 8.86. The molecule has 3 aromatic heterocycles. The predicted molar refractivity (Wildman–Crippen MR) is 128 cm³/mol. The van der Waals surface area contributed by atoms with Gasteiger partial charge in [0, 0.05) is 42.3 Å². The molecule has 31 heavy (non-hydrogen) atoms. The summed E-state index contributed by atoms with van der Waals surface area (Å²) < 4.78 is 2.32. The highest BCUT2D eigenvalue weighted by atomic mass is 15.2. The van der Waals surface area contributed by atoms with Gasteiger partial charge in [-0.15, -0.1) is 0 Å². The summed E-state index contributed by atoms with van der Waals surface area (Å²) in [5, 5.41) is 2.62. The lowest BCUT2D eigenvalue weighted by Crippen LogP contribution is -2.33. The summed E-state index contributed by atoms with van der Waals surface area (Å²) in [6.45, 7) is 4.24. The minimum Gasteiger partial charge on any atom is -0.342 e. The smallest absolute Gasteiger partial charge is 0.0786 e. The number of aryl methyl sites for hydroxylation is 2. The molecular weight excluding hydrogens is 380 g/mol. The maximum atomic E-state index is 4.90. The fraction of sp³-hybridized carbons (Fsp3) is 0.407. The van der Waals surface area contributed by atoms with Crippen LogP contribution in [0.3, 0.4) is 0 Å². The van der Waals surface area contributed by atoms with Crippen LogP contribution in [-0.2, 0) is 20.0 Å². The number of nitrogens with zero attached hydrogens (tertiary/aromatic N) is 4. The van der Waals surface area contributed by atoms with Gasteiger partial charge in [0.15, 0.2) is 0 Å². The van der Waals surface area contributed by atoms with Gasteiger partial charge in [-0.25, -0.2) is 0 Å². The largest absolute Gasteiger partial charge is 0.342 e. The molecule has 5 rings (SSSR count). The Morgan fingerprint density at radius 2 is 1.90 bits per heavy atom. The van der Waals surface area contributed by atoms with Crippen LogP contribution >= 0.6 is 0 Å². The van der Waals surface area contributed by atoms with E-state index in [4.69, 9.17) is 9.97 Å². The Hall–Kier alpha value is -2.72. The minimum absolute atomic E-state index is 0.383. The first-order valence-electron chi connectivity index (χ1n) is 11.8. The first kappa shape index (κ1) is 20.2. The molecule has 1 aliphatic carbocycles. The maximum absolute atomic E-state index is 4.90. The molecule has 1 aliphatic rings. The molecule has 0 N–H and O–H groups in total. The van der Waals surface area contributed by atoms with E-state index in [-0.39, 0.29) is 0 Å². The fourth-order valence-corrected chi connectivity index (χ4v) is 5.36. The lowest BCUT2D eigenvalue weighted by molar-refractivity contribution is 0.161. The van der Waals surface area contributed by atoms with Crippen molar-refractivity contribution in [3.8, 4) is 0 Å². The third kappa shape index (κ3) is 3.74. The molecule has 0 spiro atoms. The third-order valence-corrected chi connectivity index (χ3v) is 6.90. The van der Waals surface area contributed by atoms with Gasteiger partial charge in [0.05, 0.1) is 22.9 Å². The van der Waals surface area contributed by atoms with E-state index in [1.54, 1.807) is 0 Å². The van der Waals surface area contributed by atoms with Crippen molar-refractivity contribution in [3.63, 3.8) is 0 Å². The van der Waals surface area contributed by atoms with Gasteiger partial charge in [-0.3, -0.25) is 14.9 Å². The molecule has 3 heterocycles. The SMILES string of the molecule is CCCCCN(Cc1nccc2c3ccccc3n(C)c12)[C@@H]1CCCc2cccnc21. The van der Waals surface area contributed by atoms with Gasteiger partial charge < -0.3 is 4.57 Å². The van der Waals surface area contributed by atoms with Crippen molar-refractivity contribution < 1.29 is 0 Å². The number of hydrogen-bond donors (Lipinski definition) is 0. The Morgan fingerprint density at radius 3 is 2.81 bits per heavy atom. The van der Waals surface area contributed by atoms with Crippen molar-refractivity contribution >= 4 is 21.8 Å². The van der Waals surface area contributed by atoms with Crippen LogP contribution in [0.1, 0.15) is 62.0 Å². The van der Waals surface area contributed by atoms with Gasteiger partial charge in [0.2, 0.25) is 0 Å². The van der Waals surface area contributed by atoms with Crippen LogP contribution in [0.25, 0.3) is 21.8 Å². The predicted octanol–water partition coefficient (Wildman–Crippen LogP) is 6.19. The van der Waals surface area contributed by atoms with Crippen molar-refractivity contribution in [2.24, 2.45) is 7.05 Å². The summed E-state index contributed by atoms with van der Waals surface area (Å²) in [5.74, 6) is 0. The second kappa shape index (κ2) is 8.80. The molecule has 0 aliphatic heterocycles. The standard InChI is InChI=1S/C27H32N4/c1-3-4-7-18-31(25-14-8-10-20-11-9-16-29-26(20)25)19-23-27-22(15-17-28-23)21-12-5-6-13-24(21)30(27)2/h5-6,9,11-13,15-17,25H,3-4,7-8,10,14,18-19H2,1-2H3/t25-/m1/s1. The number of fused-ring (bicyclic) bond motifs is 4. The number of pyridine rings is 2. The number of aromatic nitrogens is 3. The Kier molecular flexibility index (Phi) is 5.73. The van der Waals surface area contributed by atoms with E-state index in [1.807, 2.05) is 12.4 Å². The molecule has 4 heteroatoms. The van der Waals surface area contributed by atoms with Gasteiger partial charge >= 0.3 is 0 Å². The highest BCUT2D eigenvalue weighted by Crippen LogP contribution is 2.35. The Bertz CT molecular complexity index is 1190. The van der Waals surface area contributed by atoms with Crippen molar-refractivity contribution in [3.05, 3.63) is 71.8 Å². The molecule has 0 radical (unpaired) electrons. The zero-order valence-electron chi connectivity index (χ0n) is 18.7. The Morgan fingerprint density at radius 1 is 1.00 bits per heavy atom. The van der Waals surface area contributed by atoms with Crippen LogP contribution in [0.15, 0.2) is 54.9 Å². The minimum atomic E-state index is 0.383. The highest BCUT2D eigenvalue weighted by Gasteiger charge is 2.28. The number of hydrogen-bond acceptors (Lipinski definition) is 3. The van der Waals surface area contributed by atoms with Crippen LogP contribution in [0.4, 0.5) is 0 Å². The highest BCUT2D eigenvalue weighted by molar-refractivity contribution is 6.08. The maximum Gasteiger partial charge on any atom is 0.0786 e. The molecular formula is C27H32N4. The average Bonchev–Trinajstić information content (AvgIpc) is 3.11. The average molecular weight is 413 g/mol. The lowest BCUT2D eigenvalue weighted by Gasteiger charge is -2.35. The zero-order valence-corrected chi connectivity index (χ0v) is 18.7. The van der Waals surface area contributed by atoms with Crippen LogP contribution in [0, 0.1) is 0 Å². The van der Waals surface area contributed by atoms with Crippen molar-refractivity contribution in [1.82, 2.24) is 19.4 Å². The molecule has 1 aromatic carbocycles. The summed E-state index contributed by atoms with van der Waals surface area (Å²) in [4.78, 5) is 12.4. The van der Waals surface area contributed by atoms with E-state index in [1.165, 1.54) is 70.9 Å². The molecule has 0 saturated heterocycles. The topological polar surface area (TPSA) is 34.0 Å². The Labute approximate surface area is 184 Å². The summed E-state index contributed by atoms with van der Waals surface area (Å²) in [6.07, 6.45) is 11.3. The number of unbranched alkanes of at least 4 members (excludes halogenated alkanes) is 2. The van der Waals surface area contributed by atoms with Gasteiger partial charge in [-0.1, -0.05) is 44.0 Å². The quantitative estimate of drug-likeness (QED) is 0.339. The van der Waals surface area contributed by atoms with E-state index >= 15 is 0 Å². The molecule has 160 valence electrons. The normalized spacial score (nSPS) is 16.3. The van der Waals surface area contributed by atoms with Crippen LogP contribution in [0.5, 0.6) is 0 Å². The fourth-order valence-electron chi connectivity index (χ4n) is 5.36. The first-order valence-corrected chi connectivity index (χ1v) is 11.8. The van der Waals surface area contributed by atoms with Gasteiger partial charge in [-0.2, -0.15) is 0 Å². The zero-order chi connectivity index (χ0) is 21.2. The first-order chi connectivity index (χ1) is 15.3. The van der Waals surface area contributed by atoms with Crippen LogP contribution < -0.4 is 0 Å².